The molecular weight excluding hydrogens is 865 g/mol. The van der Waals surface area contributed by atoms with Crippen LogP contribution in [-0.2, 0) is 66.5 Å². The summed E-state index contributed by atoms with van der Waals surface area (Å²) in [6.45, 7) is 23.9. The Morgan fingerprint density at radius 3 is 0.618 bits per heavy atom. The van der Waals surface area contributed by atoms with Crippen LogP contribution in [0.1, 0.15) is 150 Å². The van der Waals surface area contributed by atoms with Crippen LogP contribution >= 0.6 is 0 Å². The number of nitrogens with one attached hydrogen (secondary N) is 4. The predicted octanol–water partition coefficient (Wildman–Crippen LogP) is 5.03. The Morgan fingerprint density at radius 2 is 0.500 bits per heavy atom. The third-order valence-corrected chi connectivity index (χ3v) is 12.0. The number of ether oxygens (including phenoxy) is 4. The average Bonchev–Trinajstić information content (AvgIpc) is 3.25. The van der Waals surface area contributed by atoms with Gasteiger partial charge in [-0.1, -0.05) is 132 Å². The molecule has 5 rings (SSSR count). The molecule has 0 radical (unpaired) electrons. The number of carbonyl (C=O) groups is 4. The average molecular weight is 937 g/mol. The van der Waals surface area contributed by atoms with E-state index in [0.717, 1.165) is 66.8 Å². The molecule has 0 spiro atoms. The Balaban J connectivity index is 2.05. The Bertz CT molecular complexity index is 2100. The van der Waals surface area contributed by atoms with Crippen molar-refractivity contribution in [2.75, 3.05) is 26.4 Å². The van der Waals surface area contributed by atoms with Crippen molar-refractivity contribution in [2.45, 2.75) is 130 Å². The summed E-state index contributed by atoms with van der Waals surface area (Å²) in [7, 11) is 0. The van der Waals surface area contributed by atoms with Crippen LogP contribution in [0.15, 0.2) is 48.5 Å². The highest BCUT2D eigenvalue weighted by Crippen LogP contribution is 2.44. The van der Waals surface area contributed by atoms with Crippen molar-refractivity contribution < 1.29 is 38.1 Å². The minimum absolute atomic E-state index is 0.230. The lowest BCUT2D eigenvalue weighted by molar-refractivity contribution is -0.123. The monoisotopic (exact) mass is 937 g/mol. The largest absolute Gasteiger partial charge is 0.483 e. The molecule has 16 heteroatoms. The van der Waals surface area contributed by atoms with Crippen molar-refractivity contribution in [1.82, 2.24) is 21.7 Å². The molecule has 16 nitrogen and oxygen atoms in total. The molecule has 0 aromatic heterocycles. The summed E-state index contributed by atoms with van der Waals surface area (Å²) < 4.78 is 26.2. The third kappa shape index (κ3) is 13.1. The molecule has 0 heterocycles. The van der Waals surface area contributed by atoms with Gasteiger partial charge in [-0.05, 0) is 88.4 Å². The molecule has 0 fully saturated rings. The summed E-state index contributed by atoms with van der Waals surface area (Å²) in [6.07, 6.45) is 0.919. The first kappa shape index (κ1) is 52.8. The second kappa shape index (κ2) is 21.0. The highest BCUT2D eigenvalue weighted by atomic mass is 16.5. The van der Waals surface area contributed by atoms with E-state index in [2.05, 4.69) is 153 Å². The normalized spacial score (nSPS) is 12.9. The molecular formula is C52H72N8O8. The molecule has 0 saturated heterocycles. The van der Waals surface area contributed by atoms with E-state index in [9.17, 15) is 19.2 Å². The van der Waals surface area contributed by atoms with Gasteiger partial charge in [0.2, 0.25) is 0 Å². The number of nitrogens with two attached hydrogens (primary N) is 4. The van der Waals surface area contributed by atoms with Crippen LogP contribution in [0.5, 0.6) is 23.0 Å². The zero-order valence-electron chi connectivity index (χ0n) is 41.9. The van der Waals surface area contributed by atoms with Crippen molar-refractivity contribution >= 4 is 23.6 Å². The lowest BCUT2D eigenvalue weighted by Gasteiger charge is -2.29. The van der Waals surface area contributed by atoms with E-state index in [1.54, 1.807) is 0 Å². The molecule has 1 aliphatic rings. The van der Waals surface area contributed by atoms with Crippen molar-refractivity contribution in [3.63, 3.8) is 0 Å². The zero-order chi connectivity index (χ0) is 50.5. The smallest absolute Gasteiger partial charge is 0.271 e. The Labute approximate surface area is 400 Å². The molecule has 12 N–H and O–H groups in total. The molecule has 4 amide bonds. The highest BCUT2D eigenvalue weighted by Gasteiger charge is 2.30. The summed E-state index contributed by atoms with van der Waals surface area (Å²) in [6, 6.07) is 16.6. The quantitative estimate of drug-likeness (QED) is 0.0466. The van der Waals surface area contributed by atoms with Gasteiger partial charge in [-0.3, -0.25) is 40.9 Å². The van der Waals surface area contributed by atoms with E-state index in [1.807, 2.05) is 0 Å². The van der Waals surface area contributed by atoms with Crippen LogP contribution in [-0.4, -0.2) is 50.1 Å². The van der Waals surface area contributed by atoms with Crippen LogP contribution in [0.25, 0.3) is 0 Å². The molecule has 68 heavy (non-hydrogen) atoms. The molecule has 0 aliphatic heterocycles. The molecule has 4 aromatic rings. The number of fused-ring (bicyclic) bond motifs is 8. The SMILES string of the molecule is CC(C)(C)c1cc2c(OCC(=O)NN)c(c1)Cc1cc(C(C)(C)C)cc(c1OCC(=O)NN)Cc1cc(C(C)(C)C)cc(c1OCC(=O)NN)Cc1cc(C(C)(C)C)cc(c1OCC(=O)NN)C2. The highest BCUT2D eigenvalue weighted by molar-refractivity contribution is 5.78. The van der Waals surface area contributed by atoms with E-state index >= 15 is 0 Å². The van der Waals surface area contributed by atoms with E-state index in [1.165, 1.54) is 0 Å². The first-order chi connectivity index (χ1) is 31.7. The number of hydrazine groups is 4. The maximum Gasteiger partial charge on any atom is 0.271 e. The van der Waals surface area contributed by atoms with Crippen molar-refractivity contribution in [3.8, 4) is 23.0 Å². The van der Waals surface area contributed by atoms with Gasteiger partial charge in [-0.25, -0.2) is 23.4 Å². The number of hydrogen-bond acceptors (Lipinski definition) is 12. The van der Waals surface area contributed by atoms with Crippen LogP contribution in [0.2, 0.25) is 0 Å². The minimum atomic E-state index is -0.538. The van der Waals surface area contributed by atoms with Gasteiger partial charge in [0.25, 0.3) is 23.6 Å². The molecule has 0 atom stereocenters. The van der Waals surface area contributed by atoms with Gasteiger partial charge in [0.1, 0.15) is 23.0 Å². The maximum absolute atomic E-state index is 12.9. The van der Waals surface area contributed by atoms with Gasteiger partial charge in [-0.15, -0.1) is 0 Å². The van der Waals surface area contributed by atoms with Crippen LogP contribution in [0.3, 0.4) is 0 Å². The lowest BCUT2D eigenvalue weighted by Crippen LogP contribution is -2.35. The molecule has 8 bridgehead atoms. The number of amides is 4. The van der Waals surface area contributed by atoms with E-state index in [4.69, 9.17) is 42.3 Å². The van der Waals surface area contributed by atoms with Gasteiger partial charge in [0.15, 0.2) is 26.4 Å². The molecule has 1 aliphatic carbocycles. The molecule has 368 valence electrons. The van der Waals surface area contributed by atoms with E-state index in [0.29, 0.717) is 23.0 Å². The van der Waals surface area contributed by atoms with Gasteiger partial charge in [-0.2, -0.15) is 0 Å². The Morgan fingerprint density at radius 1 is 0.353 bits per heavy atom. The maximum atomic E-state index is 12.9. The third-order valence-electron chi connectivity index (χ3n) is 12.0. The van der Waals surface area contributed by atoms with Gasteiger partial charge in [0, 0.05) is 25.7 Å². The first-order valence-corrected chi connectivity index (χ1v) is 22.8. The Hall–Kier alpha value is -6.20. The van der Waals surface area contributed by atoms with Gasteiger partial charge < -0.3 is 18.9 Å². The fourth-order valence-electron chi connectivity index (χ4n) is 8.08. The predicted molar refractivity (Wildman–Crippen MR) is 263 cm³/mol. The molecule has 0 unspecified atom stereocenters. The topological polar surface area (TPSA) is 257 Å². The summed E-state index contributed by atoms with van der Waals surface area (Å²) in [4.78, 5) is 51.6. The summed E-state index contributed by atoms with van der Waals surface area (Å²) in [5.41, 5.74) is 17.1. The van der Waals surface area contributed by atoms with Gasteiger partial charge in [0.05, 0.1) is 0 Å². The fraction of sp³-hybridized carbons (Fsp3) is 0.462. The second-order valence-electron chi connectivity index (χ2n) is 21.6. The number of benzene rings is 4. The minimum Gasteiger partial charge on any atom is -0.483 e. The van der Waals surface area contributed by atoms with Crippen LogP contribution in [0.4, 0.5) is 0 Å². The van der Waals surface area contributed by atoms with Crippen molar-refractivity contribution in [1.29, 1.82) is 0 Å². The van der Waals surface area contributed by atoms with Crippen LogP contribution in [0, 0.1) is 0 Å². The van der Waals surface area contributed by atoms with E-state index < -0.39 is 23.6 Å². The van der Waals surface area contributed by atoms with Gasteiger partial charge >= 0.3 is 0 Å². The second-order valence-corrected chi connectivity index (χ2v) is 21.6. The van der Waals surface area contributed by atoms with Crippen molar-refractivity contribution in [2.24, 2.45) is 23.4 Å². The summed E-state index contributed by atoms with van der Waals surface area (Å²) in [5.74, 6) is 22.0. The number of rotatable bonds is 12. The molecule has 4 aromatic carbocycles. The zero-order valence-corrected chi connectivity index (χ0v) is 41.9. The summed E-state index contributed by atoms with van der Waals surface area (Å²) in [5, 5.41) is 0. The standard InChI is InChI=1S/C52H72N8O8/c1-49(2,3)37-17-29-13-31-19-38(50(4,5)6)21-33(46(31)66-26-42(62)58-54)15-35-23-40(52(10,11)12)24-36(48(35)68-28-44(64)60-56)16-34-22-39(51(7,8)9)20-32(47(34)67-27-43(63)59-55)14-30(18-37)45(29)65-25-41(61)57-53/h17-24H,13-16,25-28,53-56H2,1-12H3,(H,57,61)(H,58,62)(H,59,63)(H,60,64). The molecule has 0 saturated carbocycles. The summed E-state index contributed by atoms with van der Waals surface area (Å²) >= 11 is 0. The van der Waals surface area contributed by atoms with Crippen LogP contribution < -0.4 is 64.0 Å². The fourth-order valence-corrected chi connectivity index (χ4v) is 8.08. The number of hydrogen-bond donors (Lipinski definition) is 8. The van der Waals surface area contributed by atoms with E-state index in [-0.39, 0.29) is 73.8 Å². The lowest BCUT2D eigenvalue weighted by atomic mass is 9.79. The number of carbonyl (C=O) groups excluding carboxylic acids is 4. The van der Waals surface area contributed by atoms with Crippen molar-refractivity contribution in [3.05, 3.63) is 115 Å². The Kier molecular flexibility index (Phi) is 16.3. The first-order valence-electron chi connectivity index (χ1n) is 22.8.